The van der Waals surface area contributed by atoms with E-state index in [1.54, 1.807) is 6.07 Å². The van der Waals surface area contributed by atoms with Crippen LogP contribution in [-0.4, -0.2) is 9.97 Å². The number of anilines is 4. The molecule has 0 bridgehead atoms. The lowest BCUT2D eigenvalue weighted by Crippen LogP contribution is -2.03. The van der Waals surface area contributed by atoms with Crippen LogP contribution in [0.1, 0.15) is 25.3 Å². The Morgan fingerprint density at radius 3 is 2.56 bits per heavy atom. The Balaban J connectivity index is 2.25. The van der Waals surface area contributed by atoms with Crippen LogP contribution in [0, 0.1) is 0 Å². The van der Waals surface area contributed by atoms with Gasteiger partial charge in [-0.1, -0.05) is 26.0 Å². The summed E-state index contributed by atoms with van der Waals surface area (Å²) in [5.74, 6) is 1.59. The minimum absolute atomic E-state index is 0.164. The van der Waals surface area contributed by atoms with Crippen LogP contribution >= 0.6 is 0 Å². The van der Waals surface area contributed by atoms with Gasteiger partial charge in [-0.3, -0.25) is 0 Å². The molecule has 0 amide bonds. The fourth-order valence-corrected chi connectivity index (χ4v) is 1.67. The van der Waals surface area contributed by atoms with Crippen molar-refractivity contribution in [2.45, 2.75) is 19.8 Å². The van der Waals surface area contributed by atoms with E-state index in [4.69, 9.17) is 11.5 Å². The third-order valence-corrected chi connectivity index (χ3v) is 2.59. The maximum Gasteiger partial charge on any atom is 0.223 e. The molecule has 2 aromatic rings. The summed E-state index contributed by atoms with van der Waals surface area (Å²) in [5.41, 5.74) is 13.4. The van der Waals surface area contributed by atoms with Crippen LogP contribution in [-0.2, 0) is 0 Å². The monoisotopic (exact) mass is 243 g/mol. The standard InChI is InChI=1S/C13H17N5/c1-8(2)9-4-3-5-10(6-9)16-12-7-11(14)17-13(15)18-12/h3-8H,1-2H3,(H5,14,15,16,17,18). The average molecular weight is 243 g/mol. The second kappa shape index (κ2) is 4.91. The Morgan fingerprint density at radius 1 is 1.11 bits per heavy atom. The highest BCUT2D eigenvalue weighted by Gasteiger charge is 2.03. The van der Waals surface area contributed by atoms with Crippen LogP contribution in [0.2, 0.25) is 0 Å². The first-order valence-electron chi connectivity index (χ1n) is 5.81. The van der Waals surface area contributed by atoms with Crippen LogP contribution < -0.4 is 16.8 Å². The highest BCUT2D eigenvalue weighted by atomic mass is 15.1. The summed E-state index contributed by atoms with van der Waals surface area (Å²) >= 11 is 0. The van der Waals surface area contributed by atoms with Crippen LogP contribution in [0.25, 0.3) is 0 Å². The highest BCUT2D eigenvalue weighted by molar-refractivity contribution is 5.60. The second-order valence-electron chi connectivity index (χ2n) is 4.44. The lowest BCUT2D eigenvalue weighted by Gasteiger charge is -2.10. The van der Waals surface area contributed by atoms with E-state index >= 15 is 0 Å². The number of nitrogen functional groups attached to an aromatic ring is 2. The van der Waals surface area contributed by atoms with E-state index in [1.807, 2.05) is 12.1 Å². The molecule has 1 aromatic carbocycles. The molecule has 5 heteroatoms. The molecular formula is C13H17N5. The molecule has 0 radical (unpaired) electrons. The normalized spacial score (nSPS) is 10.6. The maximum absolute atomic E-state index is 5.62. The van der Waals surface area contributed by atoms with E-state index in [1.165, 1.54) is 5.56 Å². The van der Waals surface area contributed by atoms with Gasteiger partial charge in [-0.25, -0.2) is 0 Å². The zero-order chi connectivity index (χ0) is 13.1. The zero-order valence-corrected chi connectivity index (χ0v) is 10.5. The molecule has 0 aliphatic carbocycles. The lowest BCUT2D eigenvalue weighted by atomic mass is 10.0. The van der Waals surface area contributed by atoms with E-state index in [2.05, 4.69) is 41.3 Å². The van der Waals surface area contributed by atoms with Gasteiger partial charge in [0.25, 0.3) is 0 Å². The molecule has 1 aromatic heterocycles. The molecule has 0 fully saturated rings. The molecule has 0 aliphatic rings. The number of benzene rings is 1. The molecule has 2 rings (SSSR count). The Hall–Kier alpha value is -2.30. The largest absolute Gasteiger partial charge is 0.383 e. The Morgan fingerprint density at radius 2 is 1.89 bits per heavy atom. The summed E-state index contributed by atoms with van der Waals surface area (Å²) in [4.78, 5) is 7.91. The van der Waals surface area contributed by atoms with Crippen molar-refractivity contribution in [1.29, 1.82) is 0 Å². The van der Waals surface area contributed by atoms with Gasteiger partial charge in [0.1, 0.15) is 11.6 Å². The first-order valence-corrected chi connectivity index (χ1v) is 5.81. The summed E-state index contributed by atoms with van der Waals surface area (Å²) < 4.78 is 0. The van der Waals surface area contributed by atoms with Gasteiger partial charge in [0, 0.05) is 11.8 Å². The van der Waals surface area contributed by atoms with Crippen molar-refractivity contribution in [1.82, 2.24) is 9.97 Å². The molecule has 0 spiro atoms. The smallest absolute Gasteiger partial charge is 0.223 e. The predicted octanol–water partition coefficient (Wildman–Crippen LogP) is 2.51. The third kappa shape index (κ3) is 2.88. The van der Waals surface area contributed by atoms with E-state index in [-0.39, 0.29) is 5.95 Å². The first-order chi connectivity index (χ1) is 8.54. The summed E-state index contributed by atoms with van der Waals surface area (Å²) in [6, 6.07) is 9.81. The maximum atomic E-state index is 5.62. The molecule has 94 valence electrons. The van der Waals surface area contributed by atoms with Gasteiger partial charge in [0.15, 0.2) is 0 Å². The minimum Gasteiger partial charge on any atom is -0.383 e. The molecule has 0 saturated heterocycles. The average Bonchev–Trinajstić information content (AvgIpc) is 2.27. The van der Waals surface area contributed by atoms with E-state index < -0.39 is 0 Å². The van der Waals surface area contributed by atoms with Gasteiger partial charge in [-0.05, 0) is 23.6 Å². The Kier molecular flexibility index (Phi) is 3.32. The van der Waals surface area contributed by atoms with Gasteiger partial charge >= 0.3 is 0 Å². The van der Waals surface area contributed by atoms with Crippen molar-refractivity contribution in [3.05, 3.63) is 35.9 Å². The van der Waals surface area contributed by atoms with Gasteiger partial charge in [0.05, 0.1) is 0 Å². The molecule has 0 saturated carbocycles. The number of nitrogens with two attached hydrogens (primary N) is 2. The van der Waals surface area contributed by atoms with Crippen LogP contribution in [0.4, 0.5) is 23.3 Å². The van der Waals surface area contributed by atoms with E-state index in [0.29, 0.717) is 17.6 Å². The van der Waals surface area contributed by atoms with Gasteiger partial charge in [-0.2, -0.15) is 9.97 Å². The van der Waals surface area contributed by atoms with Crippen molar-refractivity contribution in [3.8, 4) is 0 Å². The van der Waals surface area contributed by atoms with E-state index in [0.717, 1.165) is 5.69 Å². The number of nitrogens with one attached hydrogen (secondary N) is 1. The van der Waals surface area contributed by atoms with Crippen molar-refractivity contribution < 1.29 is 0 Å². The number of nitrogens with zero attached hydrogens (tertiary/aromatic N) is 2. The first kappa shape index (κ1) is 12.2. The zero-order valence-electron chi connectivity index (χ0n) is 10.5. The topological polar surface area (TPSA) is 89.8 Å². The third-order valence-electron chi connectivity index (χ3n) is 2.59. The number of rotatable bonds is 3. The lowest BCUT2D eigenvalue weighted by molar-refractivity contribution is 0.867. The van der Waals surface area contributed by atoms with Crippen molar-refractivity contribution in [2.24, 2.45) is 0 Å². The SMILES string of the molecule is CC(C)c1cccc(Nc2cc(N)nc(N)n2)c1. The Labute approximate surface area is 106 Å². The molecule has 0 unspecified atom stereocenters. The van der Waals surface area contributed by atoms with E-state index in [9.17, 15) is 0 Å². The Bertz CT molecular complexity index is 531. The molecule has 0 atom stereocenters. The van der Waals surface area contributed by atoms with Crippen LogP contribution in [0.5, 0.6) is 0 Å². The minimum atomic E-state index is 0.164. The summed E-state index contributed by atoms with van der Waals surface area (Å²) in [7, 11) is 0. The van der Waals surface area contributed by atoms with Gasteiger partial charge in [0.2, 0.25) is 5.95 Å². The number of aromatic nitrogens is 2. The summed E-state index contributed by atoms with van der Waals surface area (Å²) in [5, 5.41) is 3.17. The molecule has 1 heterocycles. The summed E-state index contributed by atoms with van der Waals surface area (Å²) in [6.07, 6.45) is 0. The fraction of sp³-hybridized carbons (Fsp3) is 0.231. The van der Waals surface area contributed by atoms with Gasteiger partial charge in [-0.15, -0.1) is 0 Å². The van der Waals surface area contributed by atoms with Crippen molar-refractivity contribution >= 4 is 23.3 Å². The van der Waals surface area contributed by atoms with Gasteiger partial charge < -0.3 is 16.8 Å². The quantitative estimate of drug-likeness (QED) is 0.770. The molecule has 5 N–H and O–H groups in total. The van der Waals surface area contributed by atoms with Crippen LogP contribution in [0.15, 0.2) is 30.3 Å². The van der Waals surface area contributed by atoms with Crippen molar-refractivity contribution in [2.75, 3.05) is 16.8 Å². The second-order valence-corrected chi connectivity index (χ2v) is 4.44. The predicted molar refractivity (Wildman–Crippen MR) is 74.7 cm³/mol. The fourth-order valence-electron chi connectivity index (χ4n) is 1.67. The highest BCUT2D eigenvalue weighted by Crippen LogP contribution is 2.21. The van der Waals surface area contributed by atoms with Crippen molar-refractivity contribution in [3.63, 3.8) is 0 Å². The molecular weight excluding hydrogens is 226 g/mol. The molecule has 18 heavy (non-hydrogen) atoms. The van der Waals surface area contributed by atoms with Crippen LogP contribution in [0.3, 0.4) is 0 Å². The number of hydrogen-bond donors (Lipinski definition) is 3. The number of hydrogen-bond acceptors (Lipinski definition) is 5. The molecule has 5 nitrogen and oxygen atoms in total. The summed E-state index contributed by atoms with van der Waals surface area (Å²) in [6.45, 7) is 4.31. The molecule has 0 aliphatic heterocycles.